The molecule has 1 aromatic carbocycles. The zero-order valence-electron chi connectivity index (χ0n) is 15.7. The predicted octanol–water partition coefficient (Wildman–Crippen LogP) is 1.74. The SMILES string of the molecule is CCCN1C(=O)N(C)C(=O)C2C(c3ccc(C)cc3)C3=C(COC3=O)NC21. The van der Waals surface area contributed by atoms with Gasteiger partial charge in [-0.25, -0.2) is 9.59 Å². The minimum absolute atomic E-state index is 0.151. The molecule has 0 aliphatic carbocycles. The molecule has 0 radical (unpaired) electrons. The minimum Gasteiger partial charge on any atom is -0.456 e. The smallest absolute Gasteiger partial charge is 0.336 e. The molecule has 0 spiro atoms. The number of carbonyl (C=O) groups excluding carboxylic acids is 3. The molecule has 1 saturated heterocycles. The van der Waals surface area contributed by atoms with Crippen LogP contribution in [-0.2, 0) is 14.3 Å². The molecule has 3 aliphatic rings. The van der Waals surface area contributed by atoms with Crippen molar-refractivity contribution in [3.63, 3.8) is 0 Å². The van der Waals surface area contributed by atoms with Gasteiger partial charge in [0.2, 0.25) is 5.91 Å². The fourth-order valence-electron chi connectivity index (χ4n) is 4.28. The van der Waals surface area contributed by atoms with Gasteiger partial charge in [0.05, 0.1) is 17.2 Å². The zero-order valence-corrected chi connectivity index (χ0v) is 15.7. The lowest BCUT2D eigenvalue weighted by Crippen LogP contribution is -2.67. The third-order valence-electron chi connectivity index (χ3n) is 5.61. The second kappa shape index (κ2) is 6.40. The Balaban J connectivity index is 1.87. The van der Waals surface area contributed by atoms with Gasteiger partial charge in [-0.15, -0.1) is 0 Å². The molecule has 1 aromatic rings. The van der Waals surface area contributed by atoms with Crippen LogP contribution in [0, 0.1) is 12.8 Å². The van der Waals surface area contributed by atoms with Crippen molar-refractivity contribution in [3.05, 3.63) is 46.7 Å². The molecule has 0 saturated carbocycles. The Morgan fingerprint density at radius 1 is 1.19 bits per heavy atom. The number of nitrogens with one attached hydrogen (secondary N) is 1. The van der Waals surface area contributed by atoms with Gasteiger partial charge in [0, 0.05) is 19.5 Å². The quantitative estimate of drug-likeness (QED) is 0.821. The van der Waals surface area contributed by atoms with E-state index in [1.165, 1.54) is 11.9 Å². The van der Waals surface area contributed by atoms with Gasteiger partial charge in [-0.05, 0) is 18.9 Å². The summed E-state index contributed by atoms with van der Waals surface area (Å²) in [5, 5.41) is 3.27. The number of hydrogen-bond acceptors (Lipinski definition) is 5. The van der Waals surface area contributed by atoms with E-state index in [2.05, 4.69) is 5.32 Å². The summed E-state index contributed by atoms with van der Waals surface area (Å²) in [6.45, 7) is 4.66. The summed E-state index contributed by atoms with van der Waals surface area (Å²) in [5.74, 6) is -1.69. The van der Waals surface area contributed by atoms with Crippen molar-refractivity contribution in [1.29, 1.82) is 0 Å². The first-order chi connectivity index (χ1) is 12.9. The number of fused-ring (bicyclic) bond motifs is 1. The number of aryl methyl sites for hydroxylation is 1. The van der Waals surface area contributed by atoms with Gasteiger partial charge in [-0.3, -0.25) is 9.69 Å². The summed E-state index contributed by atoms with van der Waals surface area (Å²) in [7, 11) is 1.51. The Labute approximate surface area is 158 Å². The van der Waals surface area contributed by atoms with Gasteiger partial charge >= 0.3 is 12.0 Å². The molecule has 0 bridgehead atoms. The lowest BCUT2D eigenvalue weighted by atomic mass is 9.74. The largest absolute Gasteiger partial charge is 0.456 e. The van der Waals surface area contributed by atoms with Gasteiger partial charge in [-0.2, -0.15) is 0 Å². The van der Waals surface area contributed by atoms with Crippen LogP contribution in [0.2, 0.25) is 0 Å². The molecule has 27 heavy (non-hydrogen) atoms. The van der Waals surface area contributed by atoms with Crippen molar-refractivity contribution in [2.75, 3.05) is 20.2 Å². The van der Waals surface area contributed by atoms with Crippen molar-refractivity contribution in [2.45, 2.75) is 32.4 Å². The molecular weight excluding hydrogens is 346 g/mol. The second-order valence-electron chi connectivity index (χ2n) is 7.34. The monoisotopic (exact) mass is 369 g/mol. The Morgan fingerprint density at radius 3 is 2.56 bits per heavy atom. The molecular formula is C20H23N3O4. The highest BCUT2D eigenvalue weighted by Gasteiger charge is 2.55. The summed E-state index contributed by atoms with van der Waals surface area (Å²) in [6.07, 6.45) is 0.288. The molecule has 1 fully saturated rings. The molecule has 7 nitrogen and oxygen atoms in total. The third kappa shape index (κ3) is 2.60. The first-order valence-corrected chi connectivity index (χ1v) is 9.25. The number of nitrogens with zero attached hydrogens (tertiary/aromatic N) is 2. The lowest BCUT2D eigenvalue weighted by molar-refractivity contribution is -0.140. The molecule has 3 aliphatic heterocycles. The van der Waals surface area contributed by atoms with Crippen LogP contribution in [0.5, 0.6) is 0 Å². The van der Waals surface area contributed by atoms with Crippen molar-refractivity contribution in [3.8, 4) is 0 Å². The predicted molar refractivity (Wildman–Crippen MR) is 97.5 cm³/mol. The number of amides is 3. The maximum absolute atomic E-state index is 13.1. The number of urea groups is 1. The van der Waals surface area contributed by atoms with E-state index in [-0.39, 0.29) is 18.5 Å². The van der Waals surface area contributed by atoms with Gasteiger partial charge in [0.15, 0.2) is 0 Å². The summed E-state index contributed by atoms with van der Waals surface area (Å²) in [5.41, 5.74) is 3.17. The molecule has 4 rings (SSSR count). The van der Waals surface area contributed by atoms with Crippen LogP contribution in [-0.4, -0.2) is 54.1 Å². The fourth-order valence-corrected chi connectivity index (χ4v) is 4.28. The van der Waals surface area contributed by atoms with E-state index in [0.29, 0.717) is 17.8 Å². The van der Waals surface area contributed by atoms with E-state index in [4.69, 9.17) is 4.74 Å². The number of cyclic esters (lactones) is 1. The molecule has 0 aromatic heterocycles. The van der Waals surface area contributed by atoms with E-state index >= 15 is 0 Å². The molecule has 3 unspecified atom stereocenters. The van der Waals surface area contributed by atoms with Crippen LogP contribution < -0.4 is 5.32 Å². The van der Waals surface area contributed by atoms with Crippen molar-refractivity contribution >= 4 is 17.9 Å². The van der Waals surface area contributed by atoms with Crippen LogP contribution >= 0.6 is 0 Å². The summed E-state index contributed by atoms with van der Waals surface area (Å²) >= 11 is 0. The van der Waals surface area contributed by atoms with Gasteiger partial charge in [-0.1, -0.05) is 36.8 Å². The van der Waals surface area contributed by atoms with Gasteiger partial charge < -0.3 is 15.0 Å². The molecule has 3 amide bonds. The average Bonchev–Trinajstić information content (AvgIpc) is 3.03. The topological polar surface area (TPSA) is 79.0 Å². The molecule has 3 heterocycles. The molecule has 7 heteroatoms. The summed E-state index contributed by atoms with van der Waals surface area (Å²) < 4.78 is 5.26. The standard InChI is InChI=1S/C20H23N3O4/c1-4-9-23-17-16(18(24)22(3)20(23)26)14(12-7-5-11(2)6-8-12)15-13(21-17)10-27-19(15)25/h5-8,14,16-17,21H,4,9-10H2,1-3H3. The lowest BCUT2D eigenvalue weighted by Gasteiger charge is -2.49. The third-order valence-corrected chi connectivity index (χ3v) is 5.61. The summed E-state index contributed by atoms with van der Waals surface area (Å²) in [6, 6.07) is 7.53. The fraction of sp³-hybridized carbons (Fsp3) is 0.450. The molecule has 142 valence electrons. The summed E-state index contributed by atoms with van der Waals surface area (Å²) in [4.78, 5) is 41.2. The molecule has 3 atom stereocenters. The van der Waals surface area contributed by atoms with Crippen LogP contribution in [0.15, 0.2) is 35.5 Å². The number of hydrogen-bond donors (Lipinski definition) is 1. The highest BCUT2D eigenvalue weighted by Crippen LogP contribution is 2.44. The van der Waals surface area contributed by atoms with E-state index in [1.807, 2.05) is 38.1 Å². The number of imide groups is 1. The first kappa shape index (κ1) is 17.6. The Morgan fingerprint density at radius 2 is 1.89 bits per heavy atom. The number of esters is 1. The Kier molecular flexibility index (Phi) is 4.17. The van der Waals surface area contributed by atoms with Crippen LogP contribution in [0.25, 0.3) is 0 Å². The van der Waals surface area contributed by atoms with E-state index in [1.54, 1.807) is 4.90 Å². The number of ether oxygens (including phenoxy) is 1. The highest BCUT2D eigenvalue weighted by molar-refractivity contribution is 6.02. The van der Waals surface area contributed by atoms with Crippen LogP contribution in [0.1, 0.15) is 30.4 Å². The van der Waals surface area contributed by atoms with E-state index < -0.39 is 24.0 Å². The zero-order chi connectivity index (χ0) is 19.3. The van der Waals surface area contributed by atoms with Crippen molar-refractivity contribution in [2.24, 2.45) is 5.92 Å². The van der Waals surface area contributed by atoms with Gasteiger partial charge in [0.1, 0.15) is 12.8 Å². The van der Waals surface area contributed by atoms with E-state index in [9.17, 15) is 14.4 Å². The normalized spacial score (nSPS) is 27.4. The maximum Gasteiger partial charge on any atom is 0.336 e. The van der Waals surface area contributed by atoms with Crippen molar-refractivity contribution in [1.82, 2.24) is 15.1 Å². The number of carbonyl (C=O) groups is 3. The number of benzene rings is 1. The maximum atomic E-state index is 13.1. The number of rotatable bonds is 3. The van der Waals surface area contributed by atoms with Crippen LogP contribution in [0.3, 0.4) is 0 Å². The Hall–Kier alpha value is -2.83. The Bertz CT molecular complexity index is 845. The van der Waals surface area contributed by atoms with Crippen molar-refractivity contribution < 1.29 is 19.1 Å². The second-order valence-corrected chi connectivity index (χ2v) is 7.34. The first-order valence-electron chi connectivity index (χ1n) is 9.25. The van der Waals surface area contributed by atoms with Gasteiger partial charge in [0.25, 0.3) is 0 Å². The average molecular weight is 369 g/mol. The highest BCUT2D eigenvalue weighted by atomic mass is 16.5. The van der Waals surface area contributed by atoms with E-state index in [0.717, 1.165) is 17.5 Å². The molecule has 1 N–H and O–H groups in total. The van der Waals surface area contributed by atoms with Crippen LogP contribution in [0.4, 0.5) is 4.79 Å². The minimum atomic E-state index is -0.577.